The van der Waals surface area contributed by atoms with Gasteiger partial charge in [0.25, 0.3) is 0 Å². The molecule has 2 rings (SSSR count). The Hall–Kier alpha value is -1.31. The molecule has 0 radical (unpaired) electrons. The van der Waals surface area contributed by atoms with E-state index in [0.29, 0.717) is 18.0 Å². The van der Waals surface area contributed by atoms with Crippen LogP contribution in [-0.2, 0) is 16.6 Å². The van der Waals surface area contributed by atoms with Crippen LogP contribution in [0.1, 0.15) is 0 Å². The van der Waals surface area contributed by atoms with Crippen molar-refractivity contribution in [1.29, 1.82) is 0 Å². The van der Waals surface area contributed by atoms with Gasteiger partial charge in [-0.15, -0.1) is 11.8 Å². The minimum absolute atomic E-state index is 0.357. The van der Waals surface area contributed by atoms with Gasteiger partial charge in [-0.05, 0) is 24.5 Å². The van der Waals surface area contributed by atoms with Gasteiger partial charge >= 0.3 is 0 Å². The molecule has 0 saturated carbocycles. The zero-order valence-corrected chi connectivity index (χ0v) is 13.1. The van der Waals surface area contributed by atoms with Crippen LogP contribution in [0.5, 0.6) is 0 Å². The number of hydrogen-bond acceptors (Lipinski definition) is 4. The van der Waals surface area contributed by atoms with E-state index in [9.17, 15) is 8.42 Å². The molecule has 0 amide bonds. The minimum atomic E-state index is -3.46. The van der Waals surface area contributed by atoms with Crippen molar-refractivity contribution >= 4 is 21.8 Å². The van der Waals surface area contributed by atoms with Gasteiger partial charge in [0.2, 0.25) is 10.0 Å². The van der Waals surface area contributed by atoms with Gasteiger partial charge in [-0.2, -0.15) is 9.40 Å². The third-order valence-corrected chi connectivity index (χ3v) is 5.80. The van der Waals surface area contributed by atoms with Crippen LogP contribution in [0.25, 0.3) is 0 Å². The summed E-state index contributed by atoms with van der Waals surface area (Å²) in [7, 11) is -1.87. The molecule has 0 atom stereocenters. The number of sulfonamides is 1. The van der Waals surface area contributed by atoms with Gasteiger partial charge in [-0.3, -0.25) is 4.68 Å². The third kappa shape index (κ3) is 3.23. The maximum absolute atomic E-state index is 12.6. The Kier molecular flexibility index (Phi) is 4.85. The molecule has 0 aliphatic heterocycles. The van der Waals surface area contributed by atoms with E-state index in [4.69, 9.17) is 0 Å². The lowest BCUT2D eigenvalue weighted by Crippen LogP contribution is -2.30. The molecule has 2 aromatic rings. The molecule has 0 aliphatic carbocycles. The lowest BCUT2D eigenvalue weighted by atomic mass is 10.4. The summed E-state index contributed by atoms with van der Waals surface area (Å²) in [6.45, 7) is 0.914. The molecule has 108 valence electrons. The summed E-state index contributed by atoms with van der Waals surface area (Å²) in [5.74, 6) is 0. The first-order chi connectivity index (χ1) is 9.55. The second kappa shape index (κ2) is 6.43. The monoisotopic (exact) mass is 311 g/mol. The van der Waals surface area contributed by atoms with Crippen LogP contribution < -0.4 is 0 Å². The van der Waals surface area contributed by atoms with Crippen LogP contribution in [0, 0.1) is 0 Å². The fourth-order valence-corrected chi connectivity index (χ4v) is 4.08. The molecule has 7 heteroatoms. The Morgan fingerprint density at radius 2 is 2.05 bits per heavy atom. The Morgan fingerprint density at radius 3 is 2.70 bits per heavy atom. The number of likely N-dealkylation sites (N-methyl/N-ethyl adjacent to an activating group) is 1. The van der Waals surface area contributed by atoms with Crippen LogP contribution >= 0.6 is 11.8 Å². The molecule has 0 N–H and O–H groups in total. The fraction of sp³-hybridized carbons (Fsp3) is 0.308. The molecule has 20 heavy (non-hydrogen) atoms. The molecule has 0 aliphatic rings. The Balaban J connectivity index is 2.16. The molecule has 1 heterocycles. The standard InChI is InChI=1S/C13H17N3O2S2/c1-15(10-11-16-9-5-8-14-16)20(17,18)13-7-4-3-6-12(13)19-2/h3-9H,10-11H2,1-2H3. The SMILES string of the molecule is CSc1ccccc1S(=O)(=O)N(C)CCn1cccn1. The molecule has 0 bridgehead atoms. The first kappa shape index (κ1) is 15.1. The van der Waals surface area contributed by atoms with Crippen molar-refractivity contribution < 1.29 is 8.42 Å². The van der Waals surface area contributed by atoms with E-state index in [-0.39, 0.29) is 0 Å². The van der Waals surface area contributed by atoms with Crippen LogP contribution in [0.3, 0.4) is 0 Å². The van der Waals surface area contributed by atoms with E-state index < -0.39 is 10.0 Å². The molecule has 0 saturated heterocycles. The predicted octanol–water partition coefficient (Wildman–Crippen LogP) is 1.93. The summed E-state index contributed by atoms with van der Waals surface area (Å²) in [4.78, 5) is 1.12. The summed E-state index contributed by atoms with van der Waals surface area (Å²) in [6, 6.07) is 8.87. The second-order valence-corrected chi connectivity index (χ2v) is 7.11. The number of benzene rings is 1. The maximum atomic E-state index is 12.6. The molecular weight excluding hydrogens is 294 g/mol. The van der Waals surface area contributed by atoms with Gasteiger partial charge in [0.15, 0.2) is 0 Å². The summed E-state index contributed by atoms with van der Waals surface area (Å²) in [5, 5.41) is 4.07. The Labute approximate surface area is 123 Å². The topological polar surface area (TPSA) is 55.2 Å². The number of thioether (sulfide) groups is 1. The second-order valence-electron chi connectivity index (χ2n) is 4.25. The van der Waals surface area contributed by atoms with Crippen LogP contribution in [0.4, 0.5) is 0 Å². The van der Waals surface area contributed by atoms with Gasteiger partial charge in [0.1, 0.15) is 0 Å². The molecule has 1 aromatic carbocycles. The van der Waals surface area contributed by atoms with Gasteiger partial charge < -0.3 is 0 Å². The van der Waals surface area contributed by atoms with Crippen molar-refractivity contribution in [3.05, 3.63) is 42.7 Å². The lowest BCUT2D eigenvalue weighted by molar-refractivity contribution is 0.432. The van der Waals surface area contributed by atoms with E-state index >= 15 is 0 Å². The highest BCUT2D eigenvalue weighted by molar-refractivity contribution is 7.99. The van der Waals surface area contributed by atoms with Crippen molar-refractivity contribution in [3.8, 4) is 0 Å². The van der Waals surface area contributed by atoms with Crippen LogP contribution in [0.2, 0.25) is 0 Å². The van der Waals surface area contributed by atoms with Gasteiger partial charge in [0.05, 0.1) is 11.4 Å². The van der Waals surface area contributed by atoms with Crippen molar-refractivity contribution in [3.63, 3.8) is 0 Å². The molecule has 1 aromatic heterocycles. The first-order valence-electron chi connectivity index (χ1n) is 6.12. The quantitative estimate of drug-likeness (QED) is 0.765. The molecular formula is C13H17N3O2S2. The zero-order valence-electron chi connectivity index (χ0n) is 11.4. The van der Waals surface area contributed by atoms with Crippen LogP contribution in [-0.4, -0.2) is 42.4 Å². The number of hydrogen-bond donors (Lipinski definition) is 0. The van der Waals surface area contributed by atoms with Gasteiger partial charge in [-0.1, -0.05) is 12.1 Å². The van der Waals surface area contributed by atoms with Crippen LogP contribution in [0.15, 0.2) is 52.5 Å². The van der Waals surface area contributed by atoms with E-state index in [1.165, 1.54) is 16.1 Å². The average molecular weight is 311 g/mol. The highest BCUT2D eigenvalue weighted by Gasteiger charge is 2.23. The molecule has 0 spiro atoms. The van der Waals surface area contributed by atoms with Crippen molar-refractivity contribution in [2.75, 3.05) is 19.8 Å². The number of nitrogens with zero attached hydrogens (tertiary/aromatic N) is 3. The molecule has 5 nitrogen and oxygen atoms in total. The largest absolute Gasteiger partial charge is 0.271 e. The Bertz CT molecular complexity index is 654. The van der Waals surface area contributed by atoms with Crippen molar-refractivity contribution in [1.82, 2.24) is 14.1 Å². The van der Waals surface area contributed by atoms with Gasteiger partial charge in [-0.25, -0.2) is 8.42 Å². The van der Waals surface area contributed by atoms with Crippen molar-refractivity contribution in [2.24, 2.45) is 0 Å². The predicted molar refractivity (Wildman–Crippen MR) is 80.3 cm³/mol. The summed E-state index contributed by atoms with van der Waals surface area (Å²) in [6.07, 6.45) is 5.37. The fourth-order valence-electron chi connectivity index (χ4n) is 1.80. The van der Waals surface area contributed by atoms with Gasteiger partial charge in [0, 0.05) is 30.9 Å². The highest BCUT2D eigenvalue weighted by Crippen LogP contribution is 2.26. The average Bonchev–Trinajstić information content (AvgIpc) is 2.97. The van der Waals surface area contributed by atoms with Crippen molar-refractivity contribution in [2.45, 2.75) is 16.3 Å². The summed E-state index contributed by atoms with van der Waals surface area (Å²) in [5.41, 5.74) is 0. The molecule has 0 fully saturated rings. The van der Waals surface area contributed by atoms with E-state index in [1.807, 2.05) is 30.7 Å². The smallest absolute Gasteiger partial charge is 0.243 e. The number of rotatable bonds is 6. The van der Waals surface area contributed by atoms with E-state index in [0.717, 1.165) is 4.90 Å². The first-order valence-corrected chi connectivity index (χ1v) is 8.79. The molecule has 0 unspecified atom stereocenters. The number of aromatic nitrogens is 2. The van der Waals surface area contributed by atoms with E-state index in [2.05, 4.69) is 5.10 Å². The Morgan fingerprint density at radius 1 is 1.30 bits per heavy atom. The minimum Gasteiger partial charge on any atom is -0.271 e. The zero-order chi connectivity index (χ0) is 14.6. The third-order valence-electron chi connectivity index (χ3n) is 2.96. The summed E-state index contributed by atoms with van der Waals surface area (Å²) >= 11 is 1.43. The lowest BCUT2D eigenvalue weighted by Gasteiger charge is -2.18. The van der Waals surface area contributed by atoms with E-state index in [1.54, 1.807) is 30.1 Å². The summed E-state index contributed by atoms with van der Waals surface area (Å²) < 4.78 is 28.2. The maximum Gasteiger partial charge on any atom is 0.243 e. The normalized spacial score (nSPS) is 11.9. The highest BCUT2D eigenvalue weighted by atomic mass is 32.2.